The van der Waals surface area contributed by atoms with E-state index in [-0.39, 0.29) is 5.91 Å². The number of nitrogens with zero attached hydrogens (tertiary/aromatic N) is 2. The summed E-state index contributed by atoms with van der Waals surface area (Å²) in [5.74, 6) is 0.196. The molecule has 3 aromatic carbocycles. The maximum absolute atomic E-state index is 12.6. The monoisotopic (exact) mass is 432 g/mol. The Morgan fingerprint density at radius 2 is 1.77 bits per heavy atom. The van der Waals surface area contributed by atoms with Crippen LogP contribution in [0, 0.1) is 0 Å². The van der Waals surface area contributed by atoms with Crippen LogP contribution in [-0.4, -0.2) is 36.1 Å². The van der Waals surface area contributed by atoms with E-state index in [0.29, 0.717) is 35.4 Å². The van der Waals surface area contributed by atoms with Gasteiger partial charge >= 0.3 is 0 Å². The summed E-state index contributed by atoms with van der Waals surface area (Å²) >= 11 is 6.23. The summed E-state index contributed by atoms with van der Waals surface area (Å²) in [4.78, 5) is 22.0. The van der Waals surface area contributed by atoms with Crippen LogP contribution < -0.4 is 10.6 Å². The number of carbonyl (C=O) groups excluding carboxylic acids is 1. The van der Waals surface area contributed by atoms with Gasteiger partial charge in [-0.05, 0) is 30.3 Å². The van der Waals surface area contributed by atoms with Crippen LogP contribution in [0.2, 0.25) is 5.02 Å². The molecule has 0 unspecified atom stereocenters. The van der Waals surface area contributed by atoms with Crippen LogP contribution in [0.4, 0.5) is 11.6 Å². The lowest BCUT2D eigenvalue weighted by atomic mass is 10.1. The van der Waals surface area contributed by atoms with Crippen LogP contribution in [-0.2, 0) is 4.74 Å². The van der Waals surface area contributed by atoms with Gasteiger partial charge in [0.25, 0.3) is 5.91 Å². The first-order valence-corrected chi connectivity index (χ1v) is 10.2. The fourth-order valence-corrected chi connectivity index (χ4v) is 3.42. The molecule has 0 saturated heterocycles. The summed E-state index contributed by atoms with van der Waals surface area (Å²) in [7, 11) is 1.59. The molecule has 0 atom stereocenters. The fraction of sp³-hybridized carbons (Fsp3) is 0.125. The number of hydrogen-bond acceptors (Lipinski definition) is 5. The zero-order valence-electron chi connectivity index (χ0n) is 16.9. The lowest BCUT2D eigenvalue weighted by Crippen LogP contribution is -2.27. The third kappa shape index (κ3) is 4.82. The Morgan fingerprint density at radius 1 is 1.00 bits per heavy atom. The Labute approximate surface area is 185 Å². The zero-order valence-corrected chi connectivity index (χ0v) is 17.7. The van der Waals surface area contributed by atoms with Crippen molar-refractivity contribution in [3.8, 4) is 11.3 Å². The maximum Gasteiger partial charge on any atom is 0.253 e. The van der Waals surface area contributed by atoms with E-state index in [2.05, 4.69) is 15.6 Å². The number of benzene rings is 3. The van der Waals surface area contributed by atoms with Gasteiger partial charge in [-0.1, -0.05) is 54.1 Å². The summed E-state index contributed by atoms with van der Waals surface area (Å²) in [6, 6.07) is 22.6. The lowest BCUT2D eigenvalue weighted by Gasteiger charge is -2.13. The average Bonchev–Trinajstić information content (AvgIpc) is 2.80. The van der Waals surface area contributed by atoms with Gasteiger partial charge in [-0.2, -0.15) is 0 Å². The molecule has 4 aromatic rings. The van der Waals surface area contributed by atoms with E-state index < -0.39 is 0 Å². The first kappa shape index (κ1) is 20.8. The predicted molar refractivity (Wildman–Crippen MR) is 124 cm³/mol. The van der Waals surface area contributed by atoms with Gasteiger partial charge in [0, 0.05) is 29.6 Å². The van der Waals surface area contributed by atoms with Crippen molar-refractivity contribution < 1.29 is 9.53 Å². The summed E-state index contributed by atoms with van der Waals surface area (Å²) in [5.41, 5.74) is 3.58. The molecule has 1 aromatic heterocycles. The van der Waals surface area contributed by atoms with Gasteiger partial charge < -0.3 is 15.4 Å². The van der Waals surface area contributed by atoms with Crippen LogP contribution in [0.1, 0.15) is 10.4 Å². The fourth-order valence-electron chi connectivity index (χ4n) is 3.25. The van der Waals surface area contributed by atoms with Crippen molar-refractivity contribution in [2.45, 2.75) is 0 Å². The molecule has 1 heterocycles. The molecule has 4 rings (SSSR count). The molecule has 1 amide bonds. The topological polar surface area (TPSA) is 76.1 Å². The standard InChI is InChI=1S/C24H21ClN4O2/c1-31-14-13-26-23(30)18-9-5-6-10-20(18)27-24-28-21-12-11-17(25)15-19(21)22(29-24)16-7-3-2-4-8-16/h2-12,15H,13-14H2,1H3,(H,26,30)(H,27,28,29). The second-order valence-corrected chi connectivity index (χ2v) is 7.28. The van der Waals surface area contributed by atoms with Gasteiger partial charge in [-0.15, -0.1) is 0 Å². The highest BCUT2D eigenvalue weighted by molar-refractivity contribution is 6.31. The van der Waals surface area contributed by atoms with E-state index in [1.54, 1.807) is 19.2 Å². The highest BCUT2D eigenvalue weighted by Gasteiger charge is 2.14. The van der Waals surface area contributed by atoms with Crippen LogP contribution in [0.15, 0.2) is 72.8 Å². The average molecular weight is 433 g/mol. The third-order valence-corrected chi connectivity index (χ3v) is 4.95. The Bertz CT molecular complexity index is 1210. The number of nitrogens with one attached hydrogen (secondary N) is 2. The summed E-state index contributed by atoms with van der Waals surface area (Å²) in [6.45, 7) is 0.868. The highest BCUT2D eigenvalue weighted by atomic mass is 35.5. The van der Waals surface area contributed by atoms with Crippen molar-refractivity contribution in [2.75, 3.05) is 25.6 Å². The lowest BCUT2D eigenvalue weighted by molar-refractivity contribution is 0.0938. The number of anilines is 2. The van der Waals surface area contributed by atoms with Crippen molar-refractivity contribution in [3.05, 3.63) is 83.4 Å². The molecule has 0 aliphatic heterocycles. The third-order valence-electron chi connectivity index (χ3n) is 4.71. The summed E-state index contributed by atoms with van der Waals surface area (Å²) in [5, 5.41) is 7.53. The van der Waals surface area contributed by atoms with Gasteiger partial charge in [0.2, 0.25) is 5.95 Å². The van der Waals surface area contributed by atoms with Crippen molar-refractivity contribution in [1.29, 1.82) is 0 Å². The molecule has 6 nitrogen and oxygen atoms in total. The molecular weight excluding hydrogens is 412 g/mol. The number of hydrogen-bond donors (Lipinski definition) is 2. The van der Waals surface area contributed by atoms with Gasteiger partial charge in [0.05, 0.1) is 29.1 Å². The number of rotatable bonds is 7. The molecule has 0 aliphatic rings. The number of halogens is 1. The molecule has 7 heteroatoms. The van der Waals surface area contributed by atoms with Gasteiger partial charge in [0.15, 0.2) is 0 Å². The molecule has 0 radical (unpaired) electrons. The van der Waals surface area contributed by atoms with Gasteiger partial charge in [-0.25, -0.2) is 9.97 Å². The second-order valence-electron chi connectivity index (χ2n) is 6.84. The van der Waals surface area contributed by atoms with Crippen molar-refractivity contribution in [3.63, 3.8) is 0 Å². The number of para-hydroxylation sites is 1. The highest BCUT2D eigenvalue weighted by Crippen LogP contribution is 2.30. The Kier molecular flexibility index (Phi) is 6.40. The largest absolute Gasteiger partial charge is 0.383 e. The molecule has 0 aliphatic carbocycles. The molecule has 0 saturated carbocycles. The Hall–Kier alpha value is -3.48. The molecule has 2 N–H and O–H groups in total. The minimum atomic E-state index is -0.198. The zero-order chi connectivity index (χ0) is 21.6. The SMILES string of the molecule is COCCNC(=O)c1ccccc1Nc1nc(-c2ccccc2)c2cc(Cl)ccc2n1. The van der Waals surface area contributed by atoms with Crippen molar-refractivity contribution in [2.24, 2.45) is 0 Å². The molecule has 0 bridgehead atoms. The van der Waals surface area contributed by atoms with E-state index in [0.717, 1.165) is 22.2 Å². The molecular formula is C24H21ClN4O2. The number of ether oxygens (including phenoxy) is 1. The van der Waals surface area contributed by atoms with E-state index in [1.807, 2.05) is 60.7 Å². The number of aromatic nitrogens is 2. The Morgan fingerprint density at radius 3 is 2.58 bits per heavy atom. The van der Waals surface area contributed by atoms with E-state index in [9.17, 15) is 4.79 Å². The molecule has 0 fully saturated rings. The molecule has 31 heavy (non-hydrogen) atoms. The van der Waals surface area contributed by atoms with Crippen LogP contribution in [0.5, 0.6) is 0 Å². The molecule has 0 spiro atoms. The number of amides is 1. The smallest absolute Gasteiger partial charge is 0.253 e. The van der Waals surface area contributed by atoms with E-state index in [4.69, 9.17) is 21.3 Å². The maximum atomic E-state index is 12.6. The summed E-state index contributed by atoms with van der Waals surface area (Å²) < 4.78 is 5.00. The number of fused-ring (bicyclic) bond motifs is 1. The van der Waals surface area contributed by atoms with Crippen LogP contribution in [0.25, 0.3) is 22.2 Å². The van der Waals surface area contributed by atoms with E-state index in [1.165, 1.54) is 0 Å². The predicted octanol–water partition coefficient (Wildman–Crippen LogP) is 5.07. The van der Waals surface area contributed by atoms with Crippen LogP contribution >= 0.6 is 11.6 Å². The quantitative estimate of drug-likeness (QED) is 0.399. The Balaban J connectivity index is 1.74. The first-order valence-electron chi connectivity index (χ1n) is 9.81. The van der Waals surface area contributed by atoms with Crippen LogP contribution in [0.3, 0.4) is 0 Å². The van der Waals surface area contributed by atoms with E-state index >= 15 is 0 Å². The first-order chi connectivity index (χ1) is 15.2. The van der Waals surface area contributed by atoms with Gasteiger partial charge in [0.1, 0.15) is 0 Å². The van der Waals surface area contributed by atoms with Gasteiger partial charge in [-0.3, -0.25) is 4.79 Å². The number of methoxy groups -OCH3 is 1. The summed E-state index contributed by atoms with van der Waals surface area (Å²) in [6.07, 6.45) is 0. The van der Waals surface area contributed by atoms with Crippen molar-refractivity contribution in [1.82, 2.24) is 15.3 Å². The molecule has 156 valence electrons. The minimum absolute atomic E-state index is 0.198. The number of carbonyl (C=O) groups is 1. The normalized spacial score (nSPS) is 10.8. The minimum Gasteiger partial charge on any atom is -0.383 e. The van der Waals surface area contributed by atoms with Crippen molar-refractivity contribution >= 4 is 40.0 Å². The second kappa shape index (κ2) is 9.55.